The maximum Gasteiger partial charge on any atom is 0.318 e. The molecule has 4 heteroatoms. The number of rotatable bonds is 4. The zero-order valence-electron chi connectivity index (χ0n) is 10.5. The van der Waals surface area contributed by atoms with Crippen LogP contribution in [0.4, 0.5) is 0 Å². The van der Waals surface area contributed by atoms with Gasteiger partial charge >= 0.3 is 5.97 Å². The molecule has 16 heavy (non-hydrogen) atoms. The van der Waals surface area contributed by atoms with Gasteiger partial charge in [0.2, 0.25) is 5.91 Å². The van der Waals surface area contributed by atoms with E-state index in [1.54, 1.807) is 11.9 Å². The molecule has 1 fully saturated rings. The van der Waals surface area contributed by atoms with Crippen molar-refractivity contribution in [1.29, 1.82) is 0 Å². The summed E-state index contributed by atoms with van der Waals surface area (Å²) in [5, 5.41) is 0. The van der Waals surface area contributed by atoms with Crippen molar-refractivity contribution < 1.29 is 14.3 Å². The Morgan fingerprint density at radius 3 is 2.19 bits per heavy atom. The second-order valence-corrected chi connectivity index (χ2v) is 4.78. The highest BCUT2D eigenvalue weighted by molar-refractivity contribution is 5.98. The summed E-state index contributed by atoms with van der Waals surface area (Å²) in [7, 11) is 3.11. The third-order valence-corrected chi connectivity index (χ3v) is 3.36. The molecule has 0 spiro atoms. The summed E-state index contributed by atoms with van der Waals surface area (Å²) < 4.78 is 4.69. The van der Waals surface area contributed by atoms with Gasteiger partial charge in [0.05, 0.1) is 7.11 Å². The van der Waals surface area contributed by atoms with Crippen molar-refractivity contribution in [3.05, 3.63) is 0 Å². The Morgan fingerprint density at radius 2 is 1.88 bits per heavy atom. The first kappa shape index (κ1) is 13.0. The van der Waals surface area contributed by atoms with Crippen molar-refractivity contribution in [2.75, 3.05) is 14.2 Å². The second-order valence-electron chi connectivity index (χ2n) is 4.78. The second kappa shape index (κ2) is 5.32. The van der Waals surface area contributed by atoms with Crippen molar-refractivity contribution in [2.45, 2.75) is 39.2 Å². The summed E-state index contributed by atoms with van der Waals surface area (Å²) in [5.74, 6) is -1.21. The van der Waals surface area contributed by atoms with Crippen LogP contribution >= 0.6 is 0 Å². The zero-order valence-corrected chi connectivity index (χ0v) is 10.5. The molecule has 0 aromatic carbocycles. The third kappa shape index (κ3) is 2.54. The van der Waals surface area contributed by atoms with E-state index in [0.29, 0.717) is 6.04 Å². The van der Waals surface area contributed by atoms with Gasteiger partial charge in [-0.2, -0.15) is 0 Å². The van der Waals surface area contributed by atoms with Crippen LogP contribution in [0.3, 0.4) is 0 Å². The standard InChI is InChI=1S/C12H21NO3/c1-8(2)10(12(15)16-4)11(14)13(3)9-6-5-7-9/h8-10H,5-7H2,1-4H3. The Hall–Kier alpha value is -1.06. The predicted octanol–water partition coefficient (Wildman–Crippen LogP) is 1.44. The van der Waals surface area contributed by atoms with E-state index in [2.05, 4.69) is 4.74 Å². The SMILES string of the molecule is COC(=O)C(C(=O)N(C)C1CCC1)C(C)C. The highest BCUT2D eigenvalue weighted by Crippen LogP contribution is 2.26. The van der Waals surface area contributed by atoms with E-state index in [-0.39, 0.29) is 11.8 Å². The Bertz CT molecular complexity index is 271. The van der Waals surface area contributed by atoms with Gasteiger partial charge in [-0.25, -0.2) is 0 Å². The Balaban J connectivity index is 2.69. The largest absolute Gasteiger partial charge is 0.468 e. The molecule has 0 aromatic heterocycles. The molecule has 1 amide bonds. The molecular formula is C12H21NO3. The lowest BCUT2D eigenvalue weighted by molar-refractivity contribution is -0.156. The molecule has 1 saturated carbocycles. The zero-order chi connectivity index (χ0) is 12.3. The molecule has 4 nitrogen and oxygen atoms in total. The van der Waals surface area contributed by atoms with Crippen LogP contribution in [-0.4, -0.2) is 37.0 Å². The fourth-order valence-electron chi connectivity index (χ4n) is 1.96. The summed E-state index contributed by atoms with van der Waals surface area (Å²) >= 11 is 0. The van der Waals surface area contributed by atoms with Crippen molar-refractivity contribution in [3.8, 4) is 0 Å². The molecule has 0 saturated heterocycles. The molecule has 0 aromatic rings. The van der Waals surface area contributed by atoms with E-state index in [9.17, 15) is 9.59 Å². The summed E-state index contributed by atoms with van der Waals surface area (Å²) in [4.78, 5) is 25.4. The predicted molar refractivity (Wildman–Crippen MR) is 60.8 cm³/mol. The number of amides is 1. The first-order valence-electron chi connectivity index (χ1n) is 5.83. The first-order chi connectivity index (χ1) is 7.49. The van der Waals surface area contributed by atoms with E-state index in [1.165, 1.54) is 13.5 Å². The summed E-state index contributed by atoms with van der Waals surface area (Å²) in [6.45, 7) is 3.74. The lowest BCUT2D eigenvalue weighted by Gasteiger charge is -2.36. The van der Waals surface area contributed by atoms with Crippen LogP contribution in [0.1, 0.15) is 33.1 Å². The van der Waals surface area contributed by atoms with Gasteiger partial charge in [0.15, 0.2) is 0 Å². The maximum absolute atomic E-state index is 12.1. The smallest absolute Gasteiger partial charge is 0.318 e. The van der Waals surface area contributed by atoms with Crippen LogP contribution in [0.25, 0.3) is 0 Å². The number of hydrogen-bond donors (Lipinski definition) is 0. The number of hydrogen-bond acceptors (Lipinski definition) is 3. The molecule has 0 radical (unpaired) electrons. The van der Waals surface area contributed by atoms with Gasteiger partial charge in [-0.05, 0) is 25.2 Å². The Kier molecular flexibility index (Phi) is 4.33. The van der Waals surface area contributed by atoms with Gasteiger partial charge in [-0.1, -0.05) is 13.8 Å². The molecule has 1 atom stereocenters. The molecule has 1 aliphatic carbocycles. The van der Waals surface area contributed by atoms with E-state index >= 15 is 0 Å². The van der Waals surface area contributed by atoms with Crippen LogP contribution in [0.15, 0.2) is 0 Å². The van der Waals surface area contributed by atoms with Gasteiger partial charge in [0, 0.05) is 13.1 Å². The van der Waals surface area contributed by atoms with Gasteiger partial charge in [-0.15, -0.1) is 0 Å². The van der Waals surface area contributed by atoms with Crippen LogP contribution in [0, 0.1) is 11.8 Å². The Morgan fingerprint density at radius 1 is 1.31 bits per heavy atom. The topological polar surface area (TPSA) is 46.6 Å². The van der Waals surface area contributed by atoms with Crippen LogP contribution < -0.4 is 0 Å². The number of carbonyl (C=O) groups is 2. The van der Waals surface area contributed by atoms with E-state index in [4.69, 9.17) is 0 Å². The molecule has 0 bridgehead atoms. The highest BCUT2D eigenvalue weighted by atomic mass is 16.5. The highest BCUT2D eigenvalue weighted by Gasteiger charge is 2.36. The van der Waals surface area contributed by atoms with Gasteiger partial charge in [0.1, 0.15) is 5.92 Å². The monoisotopic (exact) mass is 227 g/mol. The summed E-state index contributed by atoms with van der Waals surface area (Å²) in [6.07, 6.45) is 3.27. The minimum absolute atomic E-state index is 0.0255. The number of nitrogens with zero attached hydrogens (tertiary/aromatic N) is 1. The Labute approximate surface area is 96.9 Å². The van der Waals surface area contributed by atoms with Gasteiger partial charge in [0.25, 0.3) is 0 Å². The number of ether oxygens (including phenoxy) is 1. The van der Waals surface area contributed by atoms with Crippen LogP contribution in [0.5, 0.6) is 0 Å². The fraction of sp³-hybridized carbons (Fsp3) is 0.833. The molecule has 1 aliphatic rings. The molecular weight excluding hydrogens is 206 g/mol. The minimum Gasteiger partial charge on any atom is -0.468 e. The van der Waals surface area contributed by atoms with Crippen molar-refractivity contribution in [1.82, 2.24) is 4.90 Å². The number of methoxy groups -OCH3 is 1. The molecule has 0 heterocycles. The normalized spacial score (nSPS) is 17.8. The minimum atomic E-state index is -0.657. The van der Waals surface area contributed by atoms with Gasteiger partial charge < -0.3 is 9.64 Å². The molecule has 92 valence electrons. The lowest BCUT2D eigenvalue weighted by atomic mass is 9.88. The van der Waals surface area contributed by atoms with Crippen molar-refractivity contribution >= 4 is 11.9 Å². The maximum atomic E-state index is 12.1. The van der Waals surface area contributed by atoms with Crippen LogP contribution in [0.2, 0.25) is 0 Å². The number of carbonyl (C=O) groups excluding carboxylic acids is 2. The summed E-state index contributed by atoms with van der Waals surface area (Å²) in [6, 6.07) is 0.318. The molecule has 1 unspecified atom stereocenters. The van der Waals surface area contributed by atoms with Gasteiger partial charge in [-0.3, -0.25) is 9.59 Å². The van der Waals surface area contributed by atoms with E-state index in [1.807, 2.05) is 13.8 Å². The van der Waals surface area contributed by atoms with Crippen molar-refractivity contribution in [3.63, 3.8) is 0 Å². The third-order valence-electron chi connectivity index (χ3n) is 3.36. The lowest BCUT2D eigenvalue weighted by Crippen LogP contribution is -2.47. The van der Waals surface area contributed by atoms with Crippen molar-refractivity contribution in [2.24, 2.45) is 11.8 Å². The summed E-state index contributed by atoms with van der Waals surface area (Å²) in [5.41, 5.74) is 0. The first-order valence-corrected chi connectivity index (χ1v) is 5.83. The fourth-order valence-corrected chi connectivity index (χ4v) is 1.96. The quantitative estimate of drug-likeness (QED) is 0.539. The van der Waals surface area contributed by atoms with Crippen LogP contribution in [-0.2, 0) is 14.3 Å². The molecule has 0 aliphatic heterocycles. The van der Waals surface area contributed by atoms with E-state index < -0.39 is 11.9 Å². The van der Waals surface area contributed by atoms with E-state index in [0.717, 1.165) is 12.8 Å². The number of esters is 1. The average Bonchev–Trinajstić information content (AvgIpc) is 2.14. The molecule has 0 N–H and O–H groups in total. The average molecular weight is 227 g/mol. The molecule has 1 rings (SSSR count).